The molecule has 2 heteroatoms. The first kappa shape index (κ1) is 20.3. The normalized spacial score (nSPS) is 11.8. The molecule has 0 spiro atoms. The fraction of sp³-hybridized carbons (Fsp3) is 0. The number of rotatable bonds is 2. The number of aromatic nitrogens is 1. The molecule has 0 N–H and O–H groups in total. The van der Waals surface area contributed by atoms with Gasteiger partial charge in [0.15, 0.2) is 0 Å². The van der Waals surface area contributed by atoms with Crippen LogP contribution < -0.4 is 0 Å². The van der Waals surface area contributed by atoms with Gasteiger partial charge in [0.05, 0.1) is 11.2 Å². The second-order valence-electron chi connectivity index (χ2n) is 9.57. The van der Waals surface area contributed by atoms with Crippen molar-refractivity contribution in [3.05, 3.63) is 127 Å². The summed E-state index contributed by atoms with van der Waals surface area (Å²) in [6.45, 7) is 0. The topological polar surface area (TPSA) is 26.0 Å². The molecule has 0 bridgehead atoms. The predicted molar refractivity (Wildman–Crippen MR) is 155 cm³/mol. The first-order chi connectivity index (χ1) is 18.3. The van der Waals surface area contributed by atoms with Crippen LogP contribution in [0.2, 0.25) is 0 Å². The molecule has 172 valence electrons. The maximum Gasteiger partial charge on any atom is 0.137 e. The lowest BCUT2D eigenvalue weighted by molar-refractivity contribution is 0.669. The molecule has 0 amide bonds. The first-order valence-corrected chi connectivity index (χ1v) is 12.6. The van der Waals surface area contributed by atoms with E-state index < -0.39 is 0 Å². The lowest BCUT2D eigenvalue weighted by atomic mass is 9.95. The lowest BCUT2D eigenvalue weighted by Gasteiger charge is -2.12. The molecule has 0 saturated carbocycles. The van der Waals surface area contributed by atoms with Crippen LogP contribution in [-0.2, 0) is 0 Å². The largest absolute Gasteiger partial charge is 0.456 e. The molecule has 37 heavy (non-hydrogen) atoms. The van der Waals surface area contributed by atoms with Gasteiger partial charge in [0.1, 0.15) is 11.2 Å². The van der Waals surface area contributed by atoms with E-state index >= 15 is 0 Å². The quantitative estimate of drug-likeness (QED) is 0.235. The summed E-state index contributed by atoms with van der Waals surface area (Å²) in [5.74, 6) is 0. The van der Waals surface area contributed by atoms with E-state index in [2.05, 4.69) is 115 Å². The van der Waals surface area contributed by atoms with Crippen molar-refractivity contribution in [3.8, 4) is 22.4 Å². The van der Waals surface area contributed by atoms with Crippen LogP contribution in [0.4, 0.5) is 0 Å². The summed E-state index contributed by atoms with van der Waals surface area (Å²) < 4.78 is 6.18. The number of hydrogen-bond donors (Lipinski definition) is 0. The summed E-state index contributed by atoms with van der Waals surface area (Å²) in [7, 11) is 0. The molecule has 0 fully saturated rings. The number of para-hydroxylation sites is 1. The number of pyridine rings is 1. The van der Waals surface area contributed by atoms with E-state index in [9.17, 15) is 0 Å². The third-order valence-electron chi connectivity index (χ3n) is 7.46. The van der Waals surface area contributed by atoms with Crippen LogP contribution in [0.3, 0.4) is 0 Å². The molecule has 2 aromatic heterocycles. The molecule has 0 aliphatic heterocycles. The summed E-state index contributed by atoms with van der Waals surface area (Å²) in [5, 5.41) is 8.28. The highest BCUT2D eigenvalue weighted by molar-refractivity contribution is 6.17. The number of fused-ring (bicyclic) bond motifs is 7. The Bertz CT molecular complexity index is 2130. The Balaban J connectivity index is 1.34. The van der Waals surface area contributed by atoms with Crippen LogP contribution in [0, 0.1) is 0 Å². The van der Waals surface area contributed by atoms with Gasteiger partial charge in [-0.3, -0.25) is 0 Å². The van der Waals surface area contributed by atoms with Gasteiger partial charge in [0, 0.05) is 33.2 Å². The number of benzene rings is 6. The van der Waals surface area contributed by atoms with E-state index in [1.807, 2.05) is 12.1 Å². The van der Waals surface area contributed by atoms with Gasteiger partial charge in [-0.1, -0.05) is 109 Å². The van der Waals surface area contributed by atoms with Crippen molar-refractivity contribution >= 4 is 54.4 Å². The minimum absolute atomic E-state index is 0.869. The van der Waals surface area contributed by atoms with Gasteiger partial charge in [0.2, 0.25) is 0 Å². The summed E-state index contributed by atoms with van der Waals surface area (Å²) >= 11 is 0. The third-order valence-corrected chi connectivity index (χ3v) is 7.46. The fourth-order valence-electron chi connectivity index (χ4n) is 5.68. The highest BCUT2D eigenvalue weighted by Gasteiger charge is 2.14. The predicted octanol–water partition coefficient (Wildman–Crippen LogP) is 9.77. The Hall–Kier alpha value is -4.95. The van der Waals surface area contributed by atoms with Crippen molar-refractivity contribution in [3.63, 3.8) is 0 Å². The molecular formula is C35H21NO. The summed E-state index contributed by atoms with van der Waals surface area (Å²) in [6.07, 6.45) is 0. The molecule has 2 heterocycles. The SMILES string of the molecule is c1ccc2c(-c3ccc(-c4nc5cc6oc7ccccc7c6cc5c5ccccc45)cc3)cccc2c1. The van der Waals surface area contributed by atoms with Crippen molar-refractivity contribution in [2.75, 3.05) is 0 Å². The van der Waals surface area contributed by atoms with Crippen molar-refractivity contribution in [2.45, 2.75) is 0 Å². The van der Waals surface area contributed by atoms with Crippen LogP contribution >= 0.6 is 0 Å². The van der Waals surface area contributed by atoms with Gasteiger partial charge in [-0.15, -0.1) is 0 Å². The molecule has 0 saturated heterocycles. The zero-order chi connectivity index (χ0) is 24.3. The molecular weight excluding hydrogens is 450 g/mol. The molecule has 8 aromatic rings. The van der Waals surface area contributed by atoms with Crippen LogP contribution in [-0.4, -0.2) is 4.98 Å². The highest BCUT2D eigenvalue weighted by atomic mass is 16.3. The molecule has 0 atom stereocenters. The monoisotopic (exact) mass is 471 g/mol. The highest BCUT2D eigenvalue weighted by Crippen LogP contribution is 2.38. The van der Waals surface area contributed by atoms with Gasteiger partial charge in [-0.05, 0) is 39.4 Å². The maximum atomic E-state index is 6.18. The van der Waals surface area contributed by atoms with Gasteiger partial charge in [-0.2, -0.15) is 0 Å². The zero-order valence-electron chi connectivity index (χ0n) is 20.0. The second-order valence-corrected chi connectivity index (χ2v) is 9.57. The molecule has 0 radical (unpaired) electrons. The van der Waals surface area contributed by atoms with E-state index in [1.165, 1.54) is 27.3 Å². The molecule has 6 aromatic carbocycles. The van der Waals surface area contributed by atoms with Crippen LogP contribution in [0.1, 0.15) is 0 Å². The van der Waals surface area contributed by atoms with Crippen LogP contribution in [0.25, 0.3) is 76.8 Å². The molecule has 0 aliphatic rings. The average molecular weight is 472 g/mol. The standard InChI is InChI=1S/C35H21NO/c1-2-10-25-22(8-1)9-7-14-26(25)23-16-18-24(19-17-23)35-29-13-4-3-11-27(29)30-20-31-28-12-5-6-15-33(28)37-34(31)21-32(30)36-35/h1-21H. The van der Waals surface area contributed by atoms with Gasteiger partial charge >= 0.3 is 0 Å². The van der Waals surface area contributed by atoms with E-state index in [-0.39, 0.29) is 0 Å². The lowest BCUT2D eigenvalue weighted by Crippen LogP contribution is -1.90. The summed E-state index contributed by atoms with van der Waals surface area (Å²) in [6, 6.07) is 44.9. The second kappa shape index (κ2) is 7.78. The fourth-order valence-corrected chi connectivity index (χ4v) is 5.68. The molecule has 2 nitrogen and oxygen atoms in total. The van der Waals surface area contributed by atoms with E-state index in [4.69, 9.17) is 9.40 Å². The Morgan fingerprint density at radius 2 is 1.11 bits per heavy atom. The minimum atomic E-state index is 0.869. The Kier molecular flexibility index (Phi) is 4.26. The molecule has 0 aliphatic carbocycles. The smallest absolute Gasteiger partial charge is 0.137 e. The molecule has 8 rings (SSSR count). The summed E-state index contributed by atoms with van der Waals surface area (Å²) in [5.41, 5.74) is 7.26. The average Bonchev–Trinajstić information content (AvgIpc) is 3.33. The Labute approximate surface area is 213 Å². The number of nitrogens with zero attached hydrogens (tertiary/aromatic N) is 1. The molecule has 0 unspecified atom stereocenters. The number of furan rings is 1. The Morgan fingerprint density at radius 1 is 0.432 bits per heavy atom. The van der Waals surface area contributed by atoms with Gasteiger partial charge in [-0.25, -0.2) is 4.98 Å². The van der Waals surface area contributed by atoms with Crippen molar-refractivity contribution in [2.24, 2.45) is 0 Å². The van der Waals surface area contributed by atoms with E-state index in [1.54, 1.807) is 0 Å². The summed E-state index contributed by atoms with van der Waals surface area (Å²) in [4.78, 5) is 5.19. The minimum Gasteiger partial charge on any atom is -0.456 e. The zero-order valence-corrected chi connectivity index (χ0v) is 20.0. The van der Waals surface area contributed by atoms with Gasteiger partial charge in [0.25, 0.3) is 0 Å². The number of hydrogen-bond acceptors (Lipinski definition) is 2. The first-order valence-electron chi connectivity index (χ1n) is 12.6. The van der Waals surface area contributed by atoms with Crippen molar-refractivity contribution < 1.29 is 4.42 Å². The third kappa shape index (κ3) is 3.09. The Morgan fingerprint density at radius 3 is 1.97 bits per heavy atom. The van der Waals surface area contributed by atoms with Crippen LogP contribution in [0.15, 0.2) is 132 Å². The van der Waals surface area contributed by atoms with E-state index in [0.29, 0.717) is 0 Å². The maximum absolute atomic E-state index is 6.18. The van der Waals surface area contributed by atoms with Gasteiger partial charge < -0.3 is 4.42 Å². The van der Waals surface area contributed by atoms with Crippen molar-refractivity contribution in [1.82, 2.24) is 4.98 Å². The van der Waals surface area contributed by atoms with E-state index in [0.717, 1.165) is 49.5 Å². The van der Waals surface area contributed by atoms with Crippen molar-refractivity contribution in [1.29, 1.82) is 0 Å². The van der Waals surface area contributed by atoms with Crippen LogP contribution in [0.5, 0.6) is 0 Å².